The van der Waals surface area contributed by atoms with Crippen LogP contribution in [0.3, 0.4) is 0 Å². The largest absolute Gasteiger partial charge is 0.332 e. The van der Waals surface area contributed by atoms with E-state index in [1.54, 1.807) is 11.2 Å². The minimum Gasteiger partial charge on any atom is -0.332 e. The summed E-state index contributed by atoms with van der Waals surface area (Å²) in [6.45, 7) is 1.35. The number of hydrogen-bond donors (Lipinski definition) is 0. The van der Waals surface area contributed by atoms with Gasteiger partial charge in [-0.1, -0.05) is 12.3 Å². The van der Waals surface area contributed by atoms with Crippen molar-refractivity contribution in [1.82, 2.24) is 14.9 Å². The van der Waals surface area contributed by atoms with Crippen molar-refractivity contribution in [3.05, 3.63) is 23.8 Å². The molecular weight excluding hydrogens is 238 g/mol. The zero-order valence-electron chi connectivity index (χ0n) is 10.9. The van der Waals surface area contributed by atoms with Crippen molar-refractivity contribution in [1.29, 1.82) is 0 Å². The van der Waals surface area contributed by atoms with Crippen molar-refractivity contribution >= 4 is 5.91 Å². The Kier molecular flexibility index (Phi) is 3.45. The summed E-state index contributed by atoms with van der Waals surface area (Å²) in [6.07, 6.45) is 6.98. The fraction of sp³-hybridized carbons (Fsp3) is 0.533. The lowest BCUT2D eigenvalue weighted by Crippen LogP contribution is -2.24. The summed E-state index contributed by atoms with van der Waals surface area (Å²) < 4.78 is 0. The Labute approximate surface area is 113 Å². The molecule has 1 aromatic rings. The number of hydrogen-bond acceptors (Lipinski definition) is 3. The van der Waals surface area contributed by atoms with Gasteiger partial charge in [-0.05, 0) is 31.2 Å². The molecule has 0 radical (unpaired) electrons. The van der Waals surface area contributed by atoms with E-state index in [-0.39, 0.29) is 5.91 Å². The van der Waals surface area contributed by atoms with Gasteiger partial charge in [0.2, 0.25) is 5.91 Å². The zero-order chi connectivity index (χ0) is 13.1. The lowest BCUT2D eigenvalue weighted by atomic mass is 9.83. The molecule has 0 spiro atoms. The maximum absolute atomic E-state index is 11.4. The molecule has 2 aliphatic rings. The van der Waals surface area contributed by atoms with Crippen molar-refractivity contribution in [2.75, 3.05) is 13.1 Å². The molecule has 2 fully saturated rings. The van der Waals surface area contributed by atoms with Gasteiger partial charge in [0.15, 0.2) is 0 Å². The summed E-state index contributed by atoms with van der Waals surface area (Å²) in [6, 6.07) is 1.99. The molecule has 1 amide bonds. The maximum Gasteiger partial charge on any atom is 0.223 e. The predicted octanol–water partition coefficient (Wildman–Crippen LogP) is 1.72. The molecule has 3 rings (SSSR count). The van der Waals surface area contributed by atoms with Gasteiger partial charge in [-0.15, -0.1) is 0 Å². The quantitative estimate of drug-likeness (QED) is 0.756. The van der Waals surface area contributed by atoms with Crippen molar-refractivity contribution < 1.29 is 4.79 Å². The molecule has 1 saturated carbocycles. The van der Waals surface area contributed by atoms with Crippen LogP contribution in [0.15, 0.2) is 12.4 Å². The third-order valence-corrected chi connectivity index (χ3v) is 3.87. The second-order valence-corrected chi connectivity index (χ2v) is 5.18. The van der Waals surface area contributed by atoms with Crippen LogP contribution in [0.1, 0.15) is 49.4 Å². The standard InChI is InChI=1S/C15H17N3O/c19-15-7-3-9-18(15)8-2-6-13-10-14(17-11-16-13)12-4-1-5-12/h10-12H,1,3-5,7-9H2. The first-order valence-electron chi connectivity index (χ1n) is 6.91. The maximum atomic E-state index is 11.4. The Morgan fingerprint density at radius 3 is 2.89 bits per heavy atom. The van der Waals surface area contributed by atoms with Crippen molar-refractivity contribution in [2.45, 2.75) is 38.0 Å². The van der Waals surface area contributed by atoms with Gasteiger partial charge in [0.25, 0.3) is 0 Å². The molecule has 1 aliphatic carbocycles. The van der Waals surface area contributed by atoms with E-state index < -0.39 is 0 Å². The highest BCUT2D eigenvalue weighted by Gasteiger charge is 2.21. The number of nitrogens with zero attached hydrogens (tertiary/aromatic N) is 3. The Bertz CT molecular complexity index is 540. The number of carbonyl (C=O) groups is 1. The van der Waals surface area contributed by atoms with E-state index in [4.69, 9.17) is 0 Å². The Balaban J connectivity index is 1.64. The summed E-state index contributed by atoms with van der Waals surface area (Å²) in [5, 5.41) is 0. The molecule has 1 aliphatic heterocycles. The number of aromatic nitrogens is 2. The van der Waals surface area contributed by atoms with Gasteiger partial charge in [0.05, 0.1) is 6.54 Å². The molecule has 1 aromatic heterocycles. The fourth-order valence-electron chi connectivity index (χ4n) is 2.46. The van der Waals surface area contributed by atoms with Crippen LogP contribution in [-0.2, 0) is 4.79 Å². The van der Waals surface area contributed by atoms with E-state index in [0.29, 0.717) is 18.9 Å². The second kappa shape index (κ2) is 5.40. The molecule has 0 unspecified atom stereocenters. The monoisotopic (exact) mass is 255 g/mol. The molecule has 19 heavy (non-hydrogen) atoms. The minimum absolute atomic E-state index is 0.215. The lowest BCUT2D eigenvalue weighted by Gasteiger charge is -2.24. The van der Waals surface area contributed by atoms with Crippen LogP contribution in [0, 0.1) is 11.8 Å². The zero-order valence-corrected chi connectivity index (χ0v) is 10.9. The second-order valence-electron chi connectivity index (χ2n) is 5.18. The minimum atomic E-state index is 0.215. The highest BCUT2D eigenvalue weighted by atomic mass is 16.2. The van der Waals surface area contributed by atoms with Crippen LogP contribution >= 0.6 is 0 Å². The van der Waals surface area contributed by atoms with E-state index in [1.807, 2.05) is 6.07 Å². The topological polar surface area (TPSA) is 46.1 Å². The Morgan fingerprint density at radius 2 is 2.21 bits per heavy atom. The van der Waals surface area contributed by atoms with E-state index in [2.05, 4.69) is 21.8 Å². The Morgan fingerprint density at radius 1 is 1.32 bits per heavy atom. The molecule has 0 aromatic carbocycles. The molecule has 98 valence electrons. The van der Waals surface area contributed by atoms with Crippen LogP contribution in [-0.4, -0.2) is 33.9 Å². The highest BCUT2D eigenvalue weighted by Crippen LogP contribution is 2.34. The third-order valence-electron chi connectivity index (χ3n) is 3.87. The summed E-state index contributed by atoms with van der Waals surface area (Å²) in [4.78, 5) is 21.7. The summed E-state index contributed by atoms with van der Waals surface area (Å²) in [5.74, 6) is 6.90. The normalized spacial score (nSPS) is 18.9. The SMILES string of the molecule is O=C1CCCN1CC#Cc1cc(C2CCC2)ncn1. The molecule has 0 atom stereocenters. The van der Waals surface area contributed by atoms with E-state index in [0.717, 1.165) is 24.4 Å². The summed E-state index contributed by atoms with van der Waals surface area (Å²) >= 11 is 0. The molecule has 0 N–H and O–H groups in total. The Hall–Kier alpha value is -1.89. The average Bonchev–Trinajstić information content (AvgIpc) is 2.74. The smallest absolute Gasteiger partial charge is 0.223 e. The lowest BCUT2D eigenvalue weighted by molar-refractivity contribution is -0.127. The molecule has 4 heteroatoms. The van der Waals surface area contributed by atoms with Gasteiger partial charge in [-0.2, -0.15) is 0 Å². The third kappa shape index (κ3) is 2.76. The number of rotatable bonds is 2. The van der Waals surface area contributed by atoms with Gasteiger partial charge in [0, 0.05) is 24.6 Å². The van der Waals surface area contributed by atoms with Crippen LogP contribution in [0.2, 0.25) is 0 Å². The number of likely N-dealkylation sites (tertiary alicyclic amines) is 1. The summed E-state index contributed by atoms with van der Waals surface area (Å²) in [7, 11) is 0. The first-order valence-corrected chi connectivity index (χ1v) is 6.91. The van der Waals surface area contributed by atoms with Gasteiger partial charge in [-0.3, -0.25) is 4.79 Å². The van der Waals surface area contributed by atoms with Gasteiger partial charge in [-0.25, -0.2) is 9.97 Å². The van der Waals surface area contributed by atoms with Crippen LogP contribution in [0.4, 0.5) is 0 Å². The van der Waals surface area contributed by atoms with Gasteiger partial charge in [0.1, 0.15) is 12.0 Å². The molecule has 2 heterocycles. The number of carbonyl (C=O) groups excluding carboxylic acids is 1. The molecule has 0 bridgehead atoms. The average molecular weight is 255 g/mol. The van der Waals surface area contributed by atoms with Crippen molar-refractivity contribution in [2.24, 2.45) is 0 Å². The predicted molar refractivity (Wildman–Crippen MR) is 71.3 cm³/mol. The van der Waals surface area contributed by atoms with Crippen LogP contribution < -0.4 is 0 Å². The van der Waals surface area contributed by atoms with Crippen LogP contribution in [0.25, 0.3) is 0 Å². The van der Waals surface area contributed by atoms with Gasteiger partial charge < -0.3 is 4.90 Å². The first-order chi connectivity index (χ1) is 9.33. The van der Waals surface area contributed by atoms with E-state index in [1.165, 1.54) is 19.3 Å². The van der Waals surface area contributed by atoms with E-state index in [9.17, 15) is 4.79 Å². The van der Waals surface area contributed by atoms with E-state index >= 15 is 0 Å². The van der Waals surface area contributed by atoms with Crippen molar-refractivity contribution in [3.8, 4) is 11.8 Å². The number of amides is 1. The fourth-order valence-corrected chi connectivity index (χ4v) is 2.46. The molecular formula is C15H17N3O. The van der Waals surface area contributed by atoms with Gasteiger partial charge >= 0.3 is 0 Å². The highest BCUT2D eigenvalue weighted by molar-refractivity contribution is 5.78. The van der Waals surface area contributed by atoms with Crippen molar-refractivity contribution in [3.63, 3.8) is 0 Å². The molecule has 1 saturated heterocycles. The van der Waals surface area contributed by atoms with Crippen LogP contribution in [0.5, 0.6) is 0 Å². The summed E-state index contributed by atoms with van der Waals surface area (Å²) in [5.41, 5.74) is 1.88. The molecule has 4 nitrogen and oxygen atoms in total. The first kappa shape index (κ1) is 12.2.